The molecule has 1 amide bonds. The summed E-state index contributed by atoms with van der Waals surface area (Å²) in [7, 11) is 4.03. The van der Waals surface area contributed by atoms with Crippen molar-refractivity contribution < 1.29 is 31.1 Å². The minimum Gasteiger partial charge on any atom is -0.347 e. The third-order valence-corrected chi connectivity index (χ3v) is 3.51. The number of benzene rings is 1. The van der Waals surface area contributed by atoms with Gasteiger partial charge in [-0.15, -0.1) is 0 Å². The first-order valence-electron chi connectivity index (χ1n) is 7.72. The van der Waals surface area contributed by atoms with Gasteiger partial charge in [0.15, 0.2) is 5.96 Å². The molecule has 27 heavy (non-hydrogen) atoms. The summed E-state index contributed by atoms with van der Waals surface area (Å²) in [5.74, 6) is -0.569. The summed E-state index contributed by atoms with van der Waals surface area (Å²) in [5.41, 5.74) is -0.205. The van der Waals surface area contributed by atoms with E-state index in [2.05, 4.69) is 10.3 Å². The summed E-state index contributed by atoms with van der Waals surface area (Å²) in [6.07, 6.45) is -8.92. The molecule has 0 fully saturated rings. The maximum atomic E-state index is 12.6. The van der Waals surface area contributed by atoms with E-state index >= 15 is 0 Å². The number of nitrogens with one attached hydrogen (secondary N) is 1. The second kappa shape index (κ2) is 8.96. The number of carbonyl (C=O) groups excluding carboxylic acids is 1. The van der Waals surface area contributed by atoms with Gasteiger partial charge in [-0.1, -0.05) is 12.1 Å². The molecule has 0 aliphatic rings. The van der Waals surface area contributed by atoms with Crippen molar-refractivity contribution in [1.29, 1.82) is 0 Å². The van der Waals surface area contributed by atoms with E-state index in [-0.39, 0.29) is 12.5 Å². The minimum atomic E-state index is -4.49. The number of amides is 1. The zero-order valence-electron chi connectivity index (χ0n) is 14.9. The quantitative estimate of drug-likeness (QED) is 0.472. The Kier molecular flexibility index (Phi) is 7.49. The SMILES string of the molecule is CN=C(NCC(=O)N(C)CC(F)(F)F)N(C)Cc1ccc(C(F)(F)F)cc1. The van der Waals surface area contributed by atoms with E-state index in [0.717, 1.165) is 19.2 Å². The minimum absolute atomic E-state index is 0.185. The van der Waals surface area contributed by atoms with Gasteiger partial charge < -0.3 is 15.1 Å². The van der Waals surface area contributed by atoms with E-state index in [1.54, 1.807) is 7.05 Å². The lowest BCUT2D eigenvalue weighted by molar-refractivity contribution is -0.157. The number of guanidine groups is 1. The Morgan fingerprint density at radius 1 is 1.04 bits per heavy atom. The van der Waals surface area contributed by atoms with Crippen molar-refractivity contribution in [2.45, 2.75) is 18.9 Å². The molecule has 0 unspecified atom stereocenters. The molecule has 152 valence electrons. The normalized spacial score (nSPS) is 12.7. The Balaban J connectivity index is 2.62. The average Bonchev–Trinajstić information content (AvgIpc) is 2.53. The molecule has 0 aromatic heterocycles. The maximum Gasteiger partial charge on any atom is 0.416 e. The Labute approximate surface area is 152 Å². The topological polar surface area (TPSA) is 47.9 Å². The number of hydrogen-bond donors (Lipinski definition) is 1. The molecular formula is C16H20F6N4O. The number of nitrogens with zero attached hydrogens (tertiary/aromatic N) is 3. The molecule has 0 atom stereocenters. The van der Waals surface area contributed by atoms with E-state index in [4.69, 9.17) is 0 Å². The van der Waals surface area contributed by atoms with Gasteiger partial charge in [-0.25, -0.2) is 0 Å². The monoisotopic (exact) mass is 398 g/mol. The molecule has 0 bridgehead atoms. The van der Waals surface area contributed by atoms with Gasteiger partial charge in [0.2, 0.25) is 5.91 Å². The van der Waals surface area contributed by atoms with Crippen LogP contribution in [0.5, 0.6) is 0 Å². The first-order valence-corrected chi connectivity index (χ1v) is 7.72. The third kappa shape index (κ3) is 7.75. The number of hydrogen-bond acceptors (Lipinski definition) is 2. The number of alkyl halides is 6. The van der Waals surface area contributed by atoms with Crippen LogP contribution in [0.15, 0.2) is 29.3 Å². The van der Waals surface area contributed by atoms with E-state index in [1.807, 2.05) is 0 Å². The zero-order valence-corrected chi connectivity index (χ0v) is 14.9. The summed E-state index contributed by atoms with van der Waals surface area (Å²) in [6.45, 7) is -1.59. The smallest absolute Gasteiger partial charge is 0.347 e. The van der Waals surface area contributed by atoms with Crippen LogP contribution in [0.25, 0.3) is 0 Å². The van der Waals surface area contributed by atoms with Crippen LogP contribution in [0.3, 0.4) is 0 Å². The molecular weight excluding hydrogens is 378 g/mol. The number of likely N-dealkylation sites (N-methyl/N-ethyl adjacent to an activating group) is 1. The lowest BCUT2D eigenvalue weighted by Gasteiger charge is -2.24. The molecule has 11 heteroatoms. The molecule has 0 aliphatic heterocycles. The lowest BCUT2D eigenvalue weighted by Crippen LogP contribution is -2.45. The van der Waals surface area contributed by atoms with Crippen LogP contribution in [-0.4, -0.2) is 62.1 Å². The van der Waals surface area contributed by atoms with Gasteiger partial charge in [0.1, 0.15) is 6.54 Å². The van der Waals surface area contributed by atoms with Crippen molar-refractivity contribution in [3.63, 3.8) is 0 Å². The summed E-state index contributed by atoms with van der Waals surface area (Å²) in [5, 5.41) is 2.63. The summed E-state index contributed by atoms with van der Waals surface area (Å²) in [6, 6.07) is 4.54. The van der Waals surface area contributed by atoms with Gasteiger partial charge in [0, 0.05) is 27.7 Å². The van der Waals surface area contributed by atoms with Crippen molar-refractivity contribution in [2.75, 3.05) is 34.2 Å². The fourth-order valence-electron chi connectivity index (χ4n) is 2.18. The van der Waals surface area contributed by atoms with Crippen molar-refractivity contribution in [3.8, 4) is 0 Å². The predicted molar refractivity (Wildman–Crippen MR) is 88.0 cm³/mol. The summed E-state index contributed by atoms with van der Waals surface area (Å²) in [4.78, 5) is 17.7. The van der Waals surface area contributed by atoms with Gasteiger partial charge in [0.05, 0.1) is 12.1 Å². The van der Waals surface area contributed by atoms with Crippen LogP contribution < -0.4 is 5.32 Å². The highest BCUT2D eigenvalue weighted by Gasteiger charge is 2.31. The molecule has 1 N–H and O–H groups in total. The Morgan fingerprint density at radius 3 is 2.04 bits per heavy atom. The molecule has 1 aromatic carbocycles. The Bertz CT molecular complexity index is 654. The van der Waals surface area contributed by atoms with E-state index in [9.17, 15) is 31.1 Å². The molecule has 1 rings (SSSR count). The highest BCUT2D eigenvalue weighted by atomic mass is 19.4. The number of carbonyl (C=O) groups is 1. The van der Waals surface area contributed by atoms with Gasteiger partial charge in [0.25, 0.3) is 0 Å². The van der Waals surface area contributed by atoms with E-state index in [1.165, 1.54) is 24.1 Å². The van der Waals surface area contributed by atoms with Crippen LogP contribution in [0.1, 0.15) is 11.1 Å². The summed E-state index contributed by atoms with van der Waals surface area (Å²) >= 11 is 0. The van der Waals surface area contributed by atoms with Gasteiger partial charge in [-0.3, -0.25) is 9.79 Å². The highest BCUT2D eigenvalue weighted by Crippen LogP contribution is 2.29. The summed E-state index contributed by atoms with van der Waals surface area (Å²) < 4.78 is 74.6. The van der Waals surface area contributed by atoms with Crippen molar-refractivity contribution in [1.82, 2.24) is 15.1 Å². The van der Waals surface area contributed by atoms with Crippen molar-refractivity contribution in [2.24, 2.45) is 4.99 Å². The second-order valence-corrected chi connectivity index (χ2v) is 5.82. The van der Waals surface area contributed by atoms with Gasteiger partial charge in [-0.05, 0) is 17.7 Å². The second-order valence-electron chi connectivity index (χ2n) is 5.82. The predicted octanol–water partition coefficient (Wildman–Crippen LogP) is 2.73. The standard InChI is InChI=1S/C16H20F6N4O/c1-23-14(24-8-13(27)26(3)10-15(17,18)19)25(2)9-11-4-6-12(7-5-11)16(20,21)22/h4-7H,8-10H2,1-3H3,(H,23,24). The maximum absolute atomic E-state index is 12.6. The van der Waals surface area contributed by atoms with Crippen LogP contribution in [0.4, 0.5) is 26.3 Å². The number of aliphatic imine (C=N–C) groups is 1. The van der Waals surface area contributed by atoms with Gasteiger partial charge in [-0.2, -0.15) is 26.3 Å². The molecule has 0 saturated carbocycles. The fourth-order valence-corrected chi connectivity index (χ4v) is 2.18. The van der Waals surface area contributed by atoms with Crippen LogP contribution >= 0.6 is 0 Å². The van der Waals surface area contributed by atoms with Crippen LogP contribution in [-0.2, 0) is 17.5 Å². The lowest BCUT2D eigenvalue weighted by atomic mass is 10.1. The number of halogens is 6. The first kappa shape index (κ1) is 22.6. The first-order chi connectivity index (χ1) is 12.3. The molecule has 0 aliphatic carbocycles. The van der Waals surface area contributed by atoms with Crippen molar-refractivity contribution in [3.05, 3.63) is 35.4 Å². The molecule has 0 radical (unpaired) electrons. The average molecular weight is 398 g/mol. The zero-order chi connectivity index (χ0) is 20.8. The molecule has 0 saturated heterocycles. The Hall–Kier alpha value is -2.46. The third-order valence-electron chi connectivity index (χ3n) is 3.51. The molecule has 0 heterocycles. The van der Waals surface area contributed by atoms with Gasteiger partial charge >= 0.3 is 12.4 Å². The van der Waals surface area contributed by atoms with E-state index in [0.29, 0.717) is 10.5 Å². The molecule has 1 aromatic rings. The Morgan fingerprint density at radius 2 is 1.59 bits per heavy atom. The molecule has 0 spiro atoms. The van der Waals surface area contributed by atoms with Crippen LogP contribution in [0, 0.1) is 0 Å². The fraction of sp³-hybridized carbons (Fsp3) is 0.500. The largest absolute Gasteiger partial charge is 0.416 e. The highest BCUT2D eigenvalue weighted by molar-refractivity contribution is 5.86. The van der Waals surface area contributed by atoms with Crippen LogP contribution in [0.2, 0.25) is 0 Å². The van der Waals surface area contributed by atoms with E-state index < -0.39 is 36.9 Å². The molecule has 5 nitrogen and oxygen atoms in total. The van der Waals surface area contributed by atoms with Crippen molar-refractivity contribution >= 4 is 11.9 Å². The number of rotatable bonds is 5.